The molecule has 0 amide bonds. The van der Waals surface area contributed by atoms with Crippen molar-refractivity contribution in [1.29, 1.82) is 0 Å². The van der Waals surface area contributed by atoms with Gasteiger partial charge in [0.1, 0.15) is 0 Å². The molecule has 0 aliphatic carbocycles. The number of carboxylic acid groups (broad SMARTS) is 2. The van der Waals surface area contributed by atoms with Crippen molar-refractivity contribution in [1.82, 2.24) is 0 Å². The van der Waals surface area contributed by atoms with Gasteiger partial charge in [-0.05, 0) is 12.1 Å². The lowest BCUT2D eigenvalue weighted by Gasteiger charge is -2.09. The molecule has 0 saturated heterocycles. The van der Waals surface area contributed by atoms with Crippen LogP contribution < -0.4 is 0 Å². The highest BCUT2D eigenvalue weighted by molar-refractivity contribution is 6.55. The summed E-state index contributed by atoms with van der Waals surface area (Å²) in [6.07, 6.45) is 0. The summed E-state index contributed by atoms with van der Waals surface area (Å²) in [4.78, 5) is 74.0. The van der Waals surface area contributed by atoms with E-state index in [1.807, 2.05) is 0 Å². The summed E-state index contributed by atoms with van der Waals surface area (Å²) in [7, 11) is 0. The van der Waals surface area contributed by atoms with Gasteiger partial charge in [-0.15, -0.1) is 0 Å². The Bertz CT molecular complexity index is 1200. The second-order valence-corrected chi connectivity index (χ2v) is 6.56. The number of Topliss-reactive ketones (excluding diaryl/α,β-unsaturated/α-hetero) is 4. The Labute approximate surface area is 180 Å². The van der Waals surface area contributed by atoms with E-state index in [9.17, 15) is 39.0 Å². The molecule has 3 aromatic carbocycles. The molecule has 0 saturated carbocycles. The van der Waals surface area contributed by atoms with Crippen LogP contribution in [0.4, 0.5) is 0 Å². The zero-order valence-electron chi connectivity index (χ0n) is 16.3. The topological polar surface area (TPSA) is 143 Å². The van der Waals surface area contributed by atoms with Crippen LogP contribution in [0, 0.1) is 0 Å². The summed E-state index contributed by atoms with van der Waals surface area (Å²) < 4.78 is 0. The van der Waals surface area contributed by atoms with Crippen molar-refractivity contribution < 1.29 is 39.0 Å². The molecule has 0 aliphatic rings. The molecule has 0 spiro atoms. The molecule has 0 heterocycles. The SMILES string of the molecule is O=C(O)c1ccccc1C(=O)C(=O)c1ccccc1C(=O)C(=O)c1ccccc1C(=O)O. The summed E-state index contributed by atoms with van der Waals surface area (Å²) in [6.45, 7) is 0. The molecule has 2 N–H and O–H groups in total. The van der Waals surface area contributed by atoms with Crippen LogP contribution in [0.25, 0.3) is 0 Å². The molecule has 0 bridgehead atoms. The Morgan fingerprint density at radius 1 is 0.375 bits per heavy atom. The number of carbonyl (C=O) groups is 6. The van der Waals surface area contributed by atoms with Gasteiger partial charge in [0, 0.05) is 22.3 Å². The fourth-order valence-electron chi connectivity index (χ4n) is 3.10. The summed E-state index contributed by atoms with van der Waals surface area (Å²) in [6, 6.07) is 15.3. The molecule has 0 aromatic heterocycles. The molecular formula is C24H14O8. The molecular weight excluding hydrogens is 416 g/mol. The van der Waals surface area contributed by atoms with Gasteiger partial charge in [0.15, 0.2) is 0 Å². The highest BCUT2D eigenvalue weighted by Gasteiger charge is 2.30. The second-order valence-electron chi connectivity index (χ2n) is 6.56. The maximum Gasteiger partial charge on any atom is 0.336 e. The summed E-state index contributed by atoms with van der Waals surface area (Å²) in [5.74, 6) is -7.51. The lowest BCUT2D eigenvalue weighted by molar-refractivity contribution is 0.0681. The first-order valence-electron chi connectivity index (χ1n) is 9.15. The van der Waals surface area contributed by atoms with Crippen LogP contribution in [0.5, 0.6) is 0 Å². The van der Waals surface area contributed by atoms with E-state index in [2.05, 4.69) is 0 Å². The van der Waals surface area contributed by atoms with Crippen molar-refractivity contribution >= 4 is 35.1 Å². The van der Waals surface area contributed by atoms with E-state index in [4.69, 9.17) is 0 Å². The van der Waals surface area contributed by atoms with E-state index in [0.29, 0.717) is 0 Å². The first kappa shape index (κ1) is 22.0. The maximum absolute atomic E-state index is 12.9. The van der Waals surface area contributed by atoms with E-state index in [1.165, 1.54) is 48.5 Å². The Balaban J connectivity index is 2.03. The van der Waals surface area contributed by atoms with E-state index in [0.717, 1.165) is 24.3 Å². The van der Waals surface area contributed by atoms with Crippen molar-refractivity contribution in [2.24, 2.45) is 0 Å². The first-order valence-corrected chi connectivity index (χ1v) is 9.15. The van der Waals surface area contributed by atoms with E-state index >= 15 is 0 Å². The number of carboxylic acids is 2. The van der Waals surface area contributed by atoms with Crippen LogP contribution in [-0.2, 0) is 0 Å². The average Bonchev–Trinajstić information content (AvgIpc) is 2.82. The number of benzene rings is 3. The Morgan fingerprint density at radius 2 is 0.562 bits per heavy atom. The maximum atomic E-state index is 12.9. The first-order chi connectivity index (χ1) is 15.2. The molecule has 0 fully saturated rings. The minimum Gasteiger partial charge on any atom is -0.478 e. The van der Waals surface area contributed by atoms with Gasteiger partial charge in [-0.25, -0.2) is 9.59 Å². The molecule has 0 atom stereocenters. The quantitative estimate of drug-likeness (QED) is 0.410. The summed E-state index contributed by atoms with van der Waals surface area (Å²) in [5.41, 5.74) is -2.31. The highest BCUT2D eigenvalue weighted by atomic mass is 16.4. The third-order valence-corrected chi connectivity index (χ3v) is 4.63. The Kier molecular flexibility index (Phi) is 6.16. The smallest absolute Gasteiger partial charge is 0.336 e. The number of hydrogen-bond acceptors (Lipinski definition) is 6. The molecule has 0 unspecified atom stereocenters. The standard InChI is InChI=1S/C24H14O8/c25-19(21(27)15-9-3-5-11-17(15)23(29)30)13-7-1-2-8-14(13)20(26)22(28)16-10-4-6-12-18(16)24(31)32/h1-12H,(H,29,30)(H,31,32). The zero-order valence-corrected chi connectivity index (χ0v) is 16.3. The zero-order chi connectivity index (χ0) is 23.4. The van der Waals surface area contributed by atoms with E-state index in [1.54, 1.807) is 0 Å². The van der Waals surface area contributed by atoms with Crippen molar-refractivity contribution in [2.45, 2.75) is 0 Å². The molecule has 32 heavy (non-hydrogen) atoms. The number of rotatable bonds is 8. The highest BCUT2D eigenvalue weighted by Crippen LogP contribution is 2.19. The Hall–Kier alpha value is -4.72. The second kappa shape index (κ2) is 8.97. The third kappa shape index (κ3) is 4.10. The predicted molar refractivity (Wildman–Crippen MR) is 111 cm³/mol. The molecule has 0 radical (unpaired) electrons. The van der Waals surface area contributed by atoms with Gasteiger partial charge in [-0.2, -0.15) is 0 Å². The van der Waals surface area contributed by atoms with Gasteiger partial charge in [0.2, 0.25) is 23.1 Å². The van der Waals surface area contributed by atoms with Crippen LogP contribution in [0.3, 0.4) is 0 Å². The van der Waals surface area contributed by atoms with Gasteiger partial charge < -0.3 is 10.2 Å². The largest absolute Gasteiger partial charge is 0.478 e. The monoisotopic (exact) mass is 430 g/mol. The lowest BCUT2D eigenvalue weighted by atomic mass is 9.90. The molecule has 8 nitrogen and oxygen atoms in total. The number of ketones is 4. The van der Waals surface area contributed by atoms with Crippen LogP contribution in [0.2, 0.25) is 0 Å². The van der Waals surface area contributed by atoms with Crippen molar-refractivity contribution in [3.05, 3.63) is 106 Å². The van der Waals surface area contributed by atoms with Gasteiger partial charge >= 0.3 is 11.9 Å². The number of hydrogen-bond donors (Lipinski definition) is 2. The van der Waals surface area contributed by atoms with Crippen LogP contribution in [0.1, 0.15) is 62.1 Å². The van der Waals surface area contributed by atoms with Gasteiger partial charge in [-0.1, -0.05) is 60.7 Å². The van der Waals surface area contributed by atoms with Crippen LogP contribution in [-0.4, -0.2) is 45.3 Å². The molecule has 158 valence electrons. The minimum atomic E-state index is -1.41. The van der Waals surface area contributed by atoms with Gasteiger partial charge in [-0.3, -0.25) is 19.2 Å². The summed E-state index contributed by atoms with van der Waals surface area (Å²) >= 11 is 0. The number of carbonyl (C=O) groups excluding carboxylic acids is 4. The van der Waals surface area contributed by atoms with Crippen molar-refractivity contribution in [2.75, 3.05) is 0 Å². The number of aromatic carboxylic acids is 2. The van der Waals surface area contributed by atoms with E-state index < -0.39 is 46.2 Å². The fourth-order valence-corrected chi connectivity index (χ4v) is 3.10. The summed E-state index contributed by atoms with van der Waals surface area (Å²) in [5, 5.41) is 18.5. The predicted octanol–water partition coefficient (Wildman–Crippen LogP) is 3.21. The fraction of sp³-hybridized carbons (Fsp3) is 0. The van der Waals surface area contributed by atoms with Crippen molar-refractivity contribution in [3.63, 3.8) is 0 Å². The average molecular weight is 430 g/mol. The minimum absolute atomic E-state index is 0.366. The van der Waals surface area contributed by atoms with Crippen molar-refractivity contribution in [3.8, 4) is 0 Å². The van der Waals surface area contributed by atoms with Gasteiger partial charge in [0.05, 0.1) is 11.1 Å². The normalized spacial score (nSPS) is 10.2. The van der Waals surface area contributed by atoms with Crippen LogP contribution >= 0.6 is 0 Å². The molecule has 0 aliphatic heterocycles. The molecule has 8 heteroatoms. The van der Waals surface area contributed by atoms with E-state index in [-0.39, 0.29) is 22.3 Å². The molecule has 3 aromatic rings. The van der Waals surface area contributed by atoms with Gasteiger partial charge in [0.25, 0.3) is 0 Å². The third-order valence-electron chi connectivity index (χ3n) is 4.63. The van der Waals surface area contributed by atoms with Crippen LogP contribution in [0.15, 0.2) is 72.8 Å². The molecule has 3 rings (SSSR count). The Morgan fingerprint density at radius 3 is 0.781 bits per heavy atom. The lowest BCUT2D eigenvalue weighted by Crippen LogP contribution is -2.24.